The molecule has 1 N–H and O–H groups in total. The van der Waals surface area contributed by atoms with Gasteiger partial charge in [-0.2, -0.15) is 11.3 Å². The molecule has 0 atom stereocenters. The molecule has 0 saturated carbocycles. The number of hydrogen-bond donors (Lipinski definition) is 1. The molecule has 0 aliphatic carbocycles. The van der Waals surface area contributed by atoms with Crippen LogP contribution in [0.3, 0.4) is 0 Å². The molecule has 0 aliphatic heterocycles. The summed E-state index contributed by atoms with van der Waals surface area (Å²) in [6.07, 6.45) is 0.341. The second-order valence-corrected chi connectivity index (χ2v) is 8.08. The van der Waals surface area contributed by atoms with Crippen LogP contribution in [0.25, 0.3) is 5.69 Å². The fourth-order valence-corrected chi connectivity index (χ4v) is 4.02. The van der Waals surface area contributed by atoms with Crippen molar-refractivity contribution in [3.8, 4) is 11.4 Å². The number of amides is 1. The van der Waals surface area contributed by atoms with Crippen molar-refractivity contribution < 1.29 is 9.53 Å². The van der Waals surface area contributed by atoms with Crippen LogP contribution in [0.2, 0.25) is 0 Å². The Labute approximate surface area is 176 Å². The summed E-state index contributed by atoms with van der Waals surface area (Å²) in [6, 6.07) is 9.50. The average Bonchev–Trinajstić information content (AvgIpc) is 3.34. The first-order valence-electron chi connectivity index (χ1n) is 8.39. The molecule has 0 aliphatic rings. The van der Waals surface area contributed by atoms with Gasteiger partial charge < -0.3 is 10.1 Å². The van der Waals surface area contributed by atoms with Crippen LogP contribution in [0, 0.1) is 0 Å². The third-order valence-electron chi connectivity index (χ3n) is 3.78. The molecule has 1 aromatic carbocycles. The van der Waals surface area contributed by atoms with Crippen molar-refractivity contribution in [3.63, 3.8) is 0 Å². The second-order valence-electron chi connectivity index (χ2n) is 5.82. The maximum absolute atomic E-state index is 12.2. The summed E-state index contributed by atoms with van der Waals surface area (Å²) < 4.78 is 7.12. The lowest BCUT2D eigenvalue weighted by atomic mass is 10.2. The van der Waals surface area contributed by atoms with E-state index >= 15 is 0 Å². The van der Waals surface area contributed by atoms with E-state index in [0.29, 0.717) is 28.2 Å². The number of thioether (sulfide) groups is 1. The molecule has 2 heterocycles. The van der Waals surface area contributed by atoms with Gasteiger partial charge in [0.15, 0.2) is 11.0 Å². The van der Waals surface area contributed by atoms with E-state index in [4.69, 9.17) is 16.3 Å². The molecule has 0 spiro atoms. The van der Waals surface area contributed by atoms with Gasteiger partial charge in [0, 0.05) is 16.5 Å². The van der Waals surface area contributed by atoms with Gasteiger partial charge in [-0.15, -0.1) is 10.2 Å². The zero-order valence-corrected chi connectivity index (χ0v) is 17.6. The zero-order valence-electron chi connectivity index (χ0n) is 15.2. The van der Waals surface area contributed by atoms with Gasteiger partial charge in [0.1, 0.15) is 5.75 Å². The van der Waals surface area contributed by atoms with E-state index in [0.717, 1.165) is 17.0 Å². The lowest BCUT2D eigenvalue weighted by Crippen LogP contribution is -2.26. The van der Waals surface area contributed by atoms with E-state index in [-0.39, 0.29) is 12.5 Å². The lowest BCUT2D eigenvalue weighted by Gasteiger charge is -2.11. The summed E-state index contributed by atoms with van der Waals surface area (Å²) in [6.45, 7) is 3.98. The zero-order chi connectivity index (χ0) is 19.9. The van der Waals surface area contributed by atoms with Gasteiger partial charge in [-0.25, -0.2) is 0 Å². The molecule has 3 rings (SSSR count). The van der Waals surface area contributed by atoms with Gasteiger partial charge in [0.25, 0.3) is 0 Å². The summed E-state index contributed by atoms with van der Waals surface area (Å²) >= 11 is 8.90. The summed E-state index contributed by atoms with van der Waals surface area (Å²) in [5.74, 6) is 1.84. The average molecular weight is 435 g/mol. The number of methoxy groups -OCH3 is 1. The molecule has 146 valence electrons. The number of ether oxygens (including phenoxy) is 1. The molecular formula is C19H19ClN4O2S2. The molecule has 0 fully saturated rings. The largest absolute Gasteiger partial charge is 0.497 e. The van der Waals surface area contributed by atoms with E-state index in [1.807, 2.05) is 45.7 Å². The van der Waals surface area contributed by atoms with E-state index < -0.39 is 0 Å². The van der Waals surface area contributed by atoms with Gasteiger partial charge in [-0.3, -0.25) is 9.36 Å². The maximum atomic E-state index is 12.2. The first-order valence-corrected chi connectivity index (χ1v) is 10.7. The Morgan fingerprint density at radius 1 is 1.32 bits per heavy atom. The Morgan fingerprint density at radius 2 is 2.11 bits per heavy atom. The highest BCUT2D eigenvalue weighted by Crippen LogP contribution is 2.25. The van der Waals surface area contributed by atoms with Crippen molar-refractivity contribution >= 4 is 40.6 Å². The molecule has 2 aromatic heterocycles. The van der Waals surface area contributed by atoms with Crippen LogP contribution in [0.15, 0.2) is 57.9 Å². The van der Waals surface area contributed by atoms with Crippen LogP contribution in [-0.2, 0) is 17.8 Å². The number of aromatic nitrogens is 3. The molecule has 0 bridgehead atoms. The van der Waals surface area contributed by atoms with Crippen molar-refractivity contribution in [1.82, 2.24) is 20.1 Å². The minimum absolute atomic E-state index is 0.0639. The summed E-state index contributed by atoms with van der Waals surface area (Å²) in [5.41, 5.74) is 1.87. The monoisotopic (exact) mass is 434 g/mol. The van der Waals surface area contributed by atoms with Crippen LogP contribution in [0.1, 0.15) is 11.4 Å². The predicted molar refractivity (Wildman–Crippen MR) is 113 cm³/mol. The van der Waals surface area contributed by atoms with Gasteiger partial charge in [-0.05, 0) is 46.7 Å². The van der Waals surface area contributed by atoms with Crippen LogP contribution in [-0.4, -0.2) is 33.5 Å². The van der Waals surface area contributed by atoms with Gasteiger partial charge in [-0.1, -0.05) is 29.9 Å². The van der Waals surface area contributed by atoms with Crippen molar-refractivity contribution in [2.45, 2.75) is 18.1 Å². The minimum atomic E-state index is -0.0639. The summed E-state index contributed by atoms with van der Waals surface area (Å²) in [5, 5.41) is 16.6. The van der Waals surface area contributed by atoms with E-state index in [1.165, 1.54) is 11.8 Å². The standard InChI is InChI=1S/C19H19ClN4O2S2/c1-13(20)11-28-19-23-22-17(10-21-18(25)9-14-7-8-27-12-14)24(19)15-3-5-16(26-2)6-4-15/h3-8,12H,1,9-11H2,2H3,(H,21,25). The fourth-order valence-electron chi connectivity index (χ4n) is 2.46. The Kier molecular flexibility index (Phi) is 7.13. The number of benzene rings is 1. The third-order valence-corrected chi connectivity index (χ3v) is 5.82. The number of carbonyl (C=O) groups is 1. The Balaban J connectivity index is 1.78. The number of nitrogens with zero attached hydrogens (tertiary/aromatic N) is 3. The first-order chi connectivity index (χ1) is 13.6. The number of rotatable bonds is 9. The highest BCUT2D eigenvalue weighted by Gasteiger charge is 2.16. The van der Waals surface area contributed by atoms with Crippen molar-refractivity contribution in [2.24, 2.45) is 0 Å². The quantitative estimate of drug-likeness (QED) is 0.515. The molecule has 0 unspecified atom stereocenters. The second kappa shape index (κ2) is 9.77. The molecule has 3 aromatic rings. The number of halogens is 1. The minimum Gasteiger partial charge on any atom is -0.497 e. The molecular weight excluding hydrogens is 416 g/mol. The van der Waals surface area contributed by atoms with E-state index in [2.05, 4.69) is 22.1 Å². The highest BCUT2D eigenvalue weighted by atomic mass is 35.5. The van der Waals surface area contributed by atoms with E-state index in [1.54, 1.807) is 18.4 Å². The summed E-state index contributed by atoms with van der Waals surface area (Å²) in [7, 11) is 1.62. The molecule has 6 nitrogen and oxygen atoms in total. The lowest BCUT2D eigenvalue weighted by molar-refractivity contribution is -0.120. The first kappa shape index (κ1) is 20.4. The summed E-state index contributed by atoms with van der Waals surface area (Å²) in [4.78, 5) is 12.2. The van der Waals surface area contributed by atoms with Crippen LogP contribution >= 0.6 is 34.7 Å². The van der Waals surface area contributed by atoms with Crippen molar-refractivity contribution in [3.05, 3.63) is 64.1 Å². The number of hydrogen-bond acceptors (Lipinski definition) is 6. The Morgan fingerprint density at radius 3 is 2.75 bits per heavy atom. The molecule has 1 amide bonds. The number of carbonyl (C=O) groups excluding carboxylic acids is 1. The van der Waals surface area contributed by atoms with Crippen molar-refractivity contribution in [1.29, 1.82) is 0 Å². The molecule has 0 radical (unpaired) electrons. The van der Waals surface area contributed by atoms with Crippen molar-refractivity contribution in [2.75, 3.05) is 12.9 Å². The Bertz CT molecular complexity index is 940. The SMILES string of the molecule is C=C(Cl)CSc1nnc(CNC(=O)Cc2ccsc2)n1-c1ccc(OC)cc1. The van der Waals surface area contributed by atoms with Crippen LogP contribution in [0.5, 0.6) is 5.75 Å². The third kappa shape index (κ3) is 5.37. The normalized spacial score (nSPS) is 10.6. The van der Waals surface area contributed by atoms with Gasteiger partial charge in [0.2, 0.25) is 5.91 Å². The smallest absolute Gasteiger partial charge is 0.224 e. The number of nitrogens with one attached hydrogen (secondary N) is 1. The molecule has 9 heteroatoms. The predicted octanol–water partition coefficient (Wildman–Crippen LogP) is 4.04. The van der Waals surface area contributed by atoms with Gasteiger partial charge in [0.05, 0.1) is 20.1 Å². The fraction of sp³-hybridized carbons (Fsp3) is 0.211. The Hall–Kier alpha value is -2.29. The topological polar surface area (TPSA) is 69.0 Å². The molecule has 28 heavy (non-hydrogen) atoms. The maximum Gasteiger partial charge on any atom is 0.224 e. The van der Waals surface area contributed by atoms with Crippen LogP contribution < -0.4 is 10.1 Å². The van der Waals surface area contributed by atoms with Gasteiger partial charge >= 0.3 is 0 Å². The molecule has 0 saturated heterocycles. The van der Waals surface area contributed by atoms with E-state index in [9.17, 15) is 4.79 Å². The highest BCUT2D eigenvalue weighted by molar-refractivity contribution is 7.99. The van der Waals surface area contributed by atoms with Crippen LogP contribution in [0.4, 0.5) is 0 Å². The number of thiophene rings is 1.